The van der Waals surface area contributed by atoms with Crippen molar-refractivity contribution >= 4 is 37.3 Å². The Labute approximate surface area is 214 Å². The van der Waals surface area contributed by atoms with Gasteiger partial charge in [0.2, 0.25) is 10.0 Å². The zero-order valence-corrected chi connectivity index (χ0v) is 21.0. The van der Waals surface area contributed by atoms with Gasteiger partial charge < -0.3 is 15.4 Å². The number of rotatable bonds is 6. The van der Waals surface area contributed by atoms with Gasteiger partial charge in [0.1, 0.15) is 16.3 Å². The highest BCUT2D eigenvalue weighted by Gasteiger charge is 2.31. The van der Waals surface area contributed by atoms with Gasteiger partial charge in [0.15, 0.2) is 17.3 Å². The Hall–Kier alpha value is -4.57. The average Bonchev–Trinajstić information content (AvgIpc) is 3.36. The quantitative estimate of drug-likeness (QED) is 0.271. The summed E-state index contributed by atoms with van der Waals surface area (Å²) in [6.45, 7) is -0.134. The molecule has 1 aliphatic rings. The first-order valence-corrected chi connectivity index (χ1v) is 14.1. The molecule has 0 spiro atoms. The summed E-state index contributed by atoms with van der Waals surface area (Å²) >= 11 is 0. The summed E-state index contributed by atoms with van der Waals surface area (Å²) in [6.07, 6.45) is 3.58. The Bertz CT molecular complexity index is 1870. The molecule has 0 amide bonds. The third kappa shape index (κ3) is 4.85. The number of hydrogen-bond donors (Lipinski definition) is 4. The van der Waals surface area contributed by atoms with Gasteiger partial charge in [-0.1, -0.05) is 12.1 Å². The van der Waals surface area contributed by atoms with E-state index in [9.17, 15) is 31.1 Å². The standard InChI is InChI=1S/C22H18FN7O6S2/c1-37(33,34)28-14-6-7-15-17(8-14)38(35,36)29-21(26-15)18-20(31)19(16-9-24-11-25-16)27-30(22(18)32)10-12-2-4-13(23)5-3-12/h2-9,11,28,31H,10H2,1H3,(H,24,25)(H,26,29). The van der Waals surface area contributed by atoms with Crippen LogP contribution in [0, 0.1) is 5.82 Å². The largest absolute Gasteiger partial charge is 0.505 e. The first-order chi connectivity index (χ1) is 17.9. The topological polar surface area (TPSA) is 189 Å². The zero-order valence-electron chi connectivity index (χ0n) is 19.4. The maximum Gasteiger partial charge on any atom is 0.286 e. The van der Waals surface area contributed by atoms with Crippen molar-refractivity contribution in [3.63, 3.8) is 0 Å². The summed E-state index contributed by atoms with van der Waals surface area (Å²) in [5.74, 6) is -1.60. The Morgan fingerprint density at radius 1 is 1.16 bits per heavy atom. The monoisotopic (exact) mass is 559 g/mol. The molecule has 38 heavy (non-hydrogen) atoms. The lowest BCUT2D eigenvalue weighted by molar-refractivity contribution is 0.463. The molecule has 13 nitrogen and oxygen atoms in total. The molecule has 2 aromatic heterocycles. The van der Waals surface area contributed by atoms with E-state index in [1.165, 1.54) is 48.9 Å². The van der Waals surface area contributed by atoms with Crippen LogP contribution in [0.3, 0.4) is 0 Å². The molecule has 0 bridgehead atoms. The summed E-state index contributed by atoms with van der Waals surface area (Å²) in [5.41, 5.74) is -0.749. The van der Waals surface area contributed by atoms with E-state index in [1.807, 2.05) is 0 Å². The van der Waals surface area contributed by atoms with Gasteiger partial charge in [0.05, 0.1) is 36.7 Å². The minimum atomic E-state index is -4.44. The van der Waals surface area contributed by atoms with E-state index < -0.39 is 48.6 Å². The zero-order chi connectivity index (χ0) is 27.2. The minimum absolute atomic E-state index is 0.00200. The molecule has 16 heteroatoms. The number of aromatic hydroxyl groups is 1. The highest BCUT2D eigenvalue weighted by Crippen LogP contribution is 2.34. The first kappa shape index (κ1) is 25.1. The lowest BCUT2D eigenvalue weighted by atomic mass is 10.1. The first-order valence-electron chi connectivity index (χ1n) is 10.7. The fraction of sp³-hybridized carbons (Fsp3) is 0.0909. The van der Waals surface area contributed by atoms with E-state index in [0.717, 1.165) is 17.0 Å². The van der Waals surface area contributed by atoms with Gasteiger partial charge in [-0.3, -0.25) is 9.52 Å². The molecule has 4 N–H and O–H groups in total. The molecule has 0 atom stereocenters. The fourth-order valence-electron chi connectivity index (χ4n) is 3.76. The van der Waals surface area contributed by atoms with Crippen LogP contribution < -0.4 is 15.6 Å². The maximum atomic E-state index is 13.5. The van der Waals surface area contributed by atoms with Gasteiger partial charge >= 0.3 is 0 Å². The van der Waals surface area contributed by atoms with Crippen LogP contribution >= 0.6 is 0 Å². The molecule has 5 rings (SSSR count). The van der Waals surface area contributed by atoms with Crippen LogP contribution in [0.5, 0.6) is 5.75 Å². The number of sulfonamides is 2. The molecule has 3 heterocycles. The van der Waals surface area contributed by atoms with Crippen molar-refractivity contribution < 1.29 is 26.3 Å². The Kier molecular flexibility index (Phi) is 5.99. The molecule has 4 aromatic rings. The summed E-state index contributed by atoms with van der Waals surface area (Å²) in [4.78, 5) is 19.8. The number of nitrogens with zero attached hydrogens (tertiary/aromatic N) is 4. The summed E-state index contributed by atoms with van der Waals surface area (Å²) < 4.78 is 69.4. The summed E-state index contributed by atoms with van der Waals surface area (Å²) in [7, 11) is -8.12. The average molecular weight is 560 g/mol. The molecule has 1 aliphatic heterocycles. The van der Waals surface area contributed by atoms with Crippen molar-refractivity contribution in [3.8, 4) is 17.1 Å². The number of H-pyrrole nitrogens is 1. The maximum absolute atomic E-state index is 13.5. The van der Waals surface area contributed by atoms with Crippen LogP contribution in [0.25, 0.3) is 11.4 Å². The number of nitrogens with one attached hydrogen (secondary N) is 3. The van der Waals surface area contributed by atoms with Crippen LogP contribution in [-0.4, -0.2) is 53.8 Å². The van der Waals surface area contributed by atoms with E-state index >= 15 is 0 Å². The number of anilines is 2. The predicted octanol–water partition coefficient (Wildman–Crippen LogP) is 1.46. The smallest absolute Gasteiger partial charge is 0.286 e. The predicted molar refractivity (Wildman–Crippen MR) is 135 cm³/mol. The lowest BCUT2D eigenvalue weighted by Crippen LogP contribution is -2.34. The van der Waals surface area contributed by atoms with Gasteiger partial charge in [-0.2, -0.15) is 13.5 Å². The number of aromatic nitrogens is 4. The summed E-state index contributed by atoms with van der Waals surface area (Å²) in [6, 6.07) is 9.01. The van der Waals surface area contributed by atoms with E-state index in [1.54, 1.807) is 0 Å². The number of imidazole rings is 1. The molecular formula is C22H18FN7O6S2. The molecule has 196 valence electrons. The molecule has 0 saturated heterocycles. The van der Waals surface area contributed by atoms with Crippen molar-refractivity contribution in [1.82, 2.24) is 19.7 Å². The van der Waals surface area contributed by atoms with E-state index in [2.05, 4.69) is 29.5 Å². The van der Waals surface area contributed by atoms with Crippen molar-refractivity contribution in [2.24, 2.45) is 4.40 Å². The van der Waals surface area contributed by atoms with Crippen LogP contribution in [0.15, 0.2) is 69.1 Å². The van der Waals surface area contributed by atoms with Crippen LogP contribution in [-0.2, 0) is 26.6 Å². The van der Waals surface area contributed by atoms with Gasteiger partial charge in [-0.15, -0.1) is 4.40 Å². The van der Waals surface area contributed by atoms with Crippen LogP contribution in [0.1, 0.15) is 11.1 Å². The molecule has 2 aromatic carbocycles. The van der Waals surface area contributed by atoms with Crippen molar-refractivity contribution in [1.29, 1.82) is 0 Å². The highest BCUT2D eigenvalue weighted by atomic mass is 32.2. The second-order valence-corrected chi connectivity index (χ2v) is 11.6. The molecule has 0 fully saturated rings. The van der Waals surface area contributed by atoms with Gasteiger partial charge in [0, 0.05) is 5.69 Å². The number of amidine groups is 1. The van der Waals surface area contributed by atoms with Crippen molar-refractivity contribution in [2.45, 2.75) is 11.4 Å². The summed E-state index contributed by atoms with van der Waals surface area (Å²) in [5, 5.41) is 18.0. The Morgan fingerprint density at radius 2 is 1.89 bits per heavy atom. The lowest BCUT2D eigenvalue weighted by Gasteiger charge is -2.20. The molecular weight excluding hydrogens is 541 g/mol. The number of halogens is 1. The third-order valence-corrected chi connectivity index (χ3v) is 7.32. The van der Waals surface area contributed by atoms with E-state index in [0.29, 0.717) is 5.56 Å². The minimum Gasteiger partial charge on any atom is -0.505 e. The molecule has 0 aliphatic carbocycles. The second-order valence-electron chi connectivity index (χ2n) is 8.25. The van der Waals surface area contributed by atoms with E-state index in [4.69, 9.17) is 0 Å². The van der Waals surface area contributed by atoms with Gasteiger partial charge in [-0.05, 0) is 35.9 Å². The van der Waals surface area contributed by atoms with E-state index in [-0.39, 0.29) is 34.2 Å². The van der Waals surface area contributed by atoms with Crippen molar-refractivity contribution in [3.05, 3.63) is 82.3 Å². The van der Waals surface area contributed by atoms with Gasteiger partial charge in [0.25, 0.3) is 15.6 Å². The molecule has 0 saturated carbocycles. The normalized spacial score (nSPS) is 14.3. The number of benzene rings is 2. The number of hydrogen-bond acceptors (Lipinski definition) is 9. The second kappa shape index (κ2) is 9.07. The van der Waals surface area contributed by atoms with Crippen LogP contribution in [0.2, 0.25) is 0 Å². The molecule has 0 radical (unpaired) electrons. The Balaban J connectivity index is 1.66. The SMILES string of the molecule is CS(=O)(=O)Nc1ccc2c(c1)S(=O)(=O)N=C(c1c(O)c(-c3cnc[nH]3)nn(Cc3ccc(F)cc3)c1=O)N2. The third-order valence-electron chi connectivity index (χ3n) is 5.39. The molecule has 0 unspecified atom stereocenters. The fourth-order valence-corrected chi connectivity index (χ4v) is 5.46. The Morgan fingerprint density at radius 3 is 2.55 bits per heavy atom. The highest BCUT2D eigenvalue weighted by molar-refractivity contribution is 7.92. The van der Waals surface area contributed by atoms with Crippen LogP contribution in [0.4, 0.5) is 15.8 Å². The number of aromatic amines is 1. The van der Waals surface area contributed by atoms with Gasteiger partial charge in [-0.25, -0.2) is 22.5 Å². The van der Waals surface area contributed by atoms with Crippen molar-refractivity contribution in [2.75, 3.05) is 16.3 Å². The number of fused-ring (bicyclic) bond motifs is 1.